The van der Waals surface area contributed by atoms with Gasteiger partial charge in [0.15, 0.2) is 0 Å². The predicted molar refractivity (Wildman–Crippen MR) is 87.5 cm³/mol. The Labute approximate surface area is 137 Å². The first-order valence-electron chi connectivity index (χ1n) is 5.83. The van der Waals surface area contributed by atoms with Gasteiger partial charge >= 0.3 is 0 Å². The van der Waals surface area contributed by atoms with E-state index >= 15 is 0 Å². The number of carbonyl (C=O) groups is 1. The number of thioether (sulfide) groups is 1. The fourth-order valence-electron chi connectivity index (χ4n) is 1.65. The maximum absolute atomic E-state index is 12.9. The van der Waals surface area contributed by atoms with Crippen molar-refractivity contribution < 1.29 is 9.18 Å². The Bertz CT molecular complexity index is 617. The van der Waals surface area contributed by atoms with Crippen molar-refractivity contribution in [1.82, 2.24) is 0 Å². The summed E-state index contributed by atoms with van der Waals surface area (Å²) in [6.45, 7) is 0. The highest BCUT2D eigenvalue weighted by Crippen LogP contribution is 2.28. The molecular formula is C15H12Cl2FNOS. The predicted octanol–water partition coefficient (Wildman–Crippen LogP) is 4.95. The van der Waals surface area contributed by atoms with E-state index in [1.165, 1.54) is 36.0 Å². The molecule has 0 amide bonds. The van der Waals surface area contributed by atoms with E-state index < -0.39 is 5.92 Å². The molecule has 0 saturated heterocycles. The van der Waals surface area contributed by atoms with Crippen LogP contribution in [0.25, 0.3) is 0 Å². The van der Waals surface area contributed by atoms with Crippen LogP contribution < -0.4 is 0 Å². The lowest BCUT2D eigenvalue weighted by Crippen LogP contribution is -2.09. The van der Waals surface area contributed by atoms with Crippen LogP contribution in [0.1, 0.15) is 11.5 Å². The number of rotatable bonds is 4. The Kier molecular flexibility index (Phi) is 6.89. The minimum Gasteiger partial charge on any atom is -0.302 e. The summed E-state index contributed by atoms with van der Waals surface area (Å²) in [5.41, 5.74) is 0.605. The van der Waals surface area contributed by atoms with Gasteiger partial charge in [-0.1, -0.05) is 35.5 Å². The van der Waals surface area contributed by atoms with Crippen LogP contribution in [0.5, 0.6) is 0 Å². The molecule has 0 aliphatic heterocycles. The number of nitrogens with one attached hydrogen (secondary N) is 1. The molecule has 6 heteroatoms. The molecule has 2 rings (SSSR count). The number of hydrogen-bond acceptors (Lipinski definition) is 3. The molecule has 0 saturated carbocycles. The Hall–Kier alpha value is -1.36. The molecule has 0 radical (unpaired) electrons. The molecule has 1 atom stereocenters. The summed E-state index contributed by atoms with van der Waals surface area (Å²) >= 11 is 6.98. The van der Waals surface area contributed by atoms with Crippen molar-refractivity contribution in [2.24, 2.45) is 0 Å². The normalized spacial score (nSPS) is 11.3. The van der Waals surface area contributed by atoms with Crippen molar-refractivity contribution in [3.05, 3.63) is 64.9 Å². The SMILES string of the molecule is Cl.N=C(Sc1ccc(Cl)cc1)C(C=O)c1ccc(F)cc1. The summed E-state index contributed by atoms with van der Waals surface area (Å²) in [5.74, 6) is -1.05. The van der Waals surface area contributed by atoms with Gasteiger partial charge in [-0.2, -0.15) is 0 Å². The van der Waals surface area contributed by atoms with E-state index in [9.17, 15) is 9.18 Å². The standard InChI is InChI=1S/C15H11ClFNOS.ClH/c16-11-3-7-13(8-4-11)20-15(18)14(9-19)10-1-5-12(17)6-2-10;/h1-9,14,18H;1H. The summed E-state index contributed by atoms with van der Waals surface area (Å²) in [7, 11) is 0. The van der Waals surface area contributed by atoms with Crippen LogP contribution in [0.4, 0.5) is 4.39 Å². The fraction of sp³-hybridized carbons (Fsp3) is 0.0667. The lowest BCUT2D eigenvalue weighted by Gasteiger charge is -2.12. The van der Waals surface area contributed by atoms with Crippen molar-refractivity contribution >= 4 is 47.1 Å². The second-order valence-electron chi connectivity index (χ2n) is 4.09. The Morgan fingerprint density at radius 3 is 2.24 bits per heavy atom. The molecule has 1 N–H and O–H groups in total. The second-order valence-corrected chi connectivity index (χ2v) is 5.64. The van der Waals surface area contributed by atoms with Gasteiger partial charge in [0, 0.05) is 9.92 Å². The van der Waals surface area contributed by atoms with Crippen molar-refractivity contribution in [1.29, 1.82) is 5.41 Å². The van der Waals surface area contributed by atoms with Gasteiger partial charge in [-0.15, -0.1) is 12.4 Å². The third kappa shape index (κ3) is 4.84. The molecule has 0 fully saturated rings. The van der Waals surface area contributed by atoms with Gasteiger partial charge in [0.2, 0.25) is 0 Å². The quantitative estimate of drug-likeness (QED) is 0.369. The Balaban J connectivity index is 0.00000220. The highest BCUT2D eigenvalue weighted by atomic mass is 35.5. The molecule has 110 valence electrons. The number of carbonyl (C=O) groups excluding carboxylic acids is 1. The fourth-order valence-corrected chi connectivity index (χ4v) is 2.63. The van der Waals surface area contributed by atoms with Crippen molar-refractivity contribution in [3.8, 4) is 0 Å². The topological polar surface area (TPSA) is 40.9 Å². The van der Waals surface area contributed by atoms with Crippen LogP contribution >= 0.6 is 35.8 Å². The zero-order valence-electron chi connectivity index (χ0n) is 10.8. The molecule has 0 spiro atoms. The minimum absolute atomic E-state index is 0. The molecule has 1 unspecified atom stereocenters. The van der Waals surface area contributed by atoms with Crippen molar-refractivity contribution in [2.75, 3.05) is 0 Å². The lowest BCUT2D eigenvalue weighted by atomic mass is 10.0. The molecule has 0 aromatic heterocycles. The molecule has 2 aromatic rings. The summed E-state index contributed by atoms with van der Waals surface area (Å²) in [5, 5.41) is 8.84. The zero-order valence-corrected chi connectivity index (χ0v) is 13.1. The van der Waals surface area contributed by atoms with Gasteiger partial charge in [0.25, 0.3) is 0 Å². The number of hydrogen-bond donors (Lipinski definition) is 1. The van der Waals surface area contributed by atoms with Crippen LogP contribution in [0.2, 0.25) is 5.02 Å². The van der Waals surface area contributed by atoms with Crippen LogP contribution in [-0.4, -0.2) is 11.3 Å². The maximum atomic E-state index is 12.9. The van der Waals surface area contributed by atoms with Gasteiger partial charge in [-0.25, -0.2) is 4.39 Å². The van der Waals surface area contributed by atoms with E-state index in [4.69, 9.17) is 17.0 Å². The van der Waals surface area contributed by atoms with E-state index in [2.05, 4.69) is 0 Å². The van der Waals surface area contributed by atoms with Crippen molar-refractivity contribution in [2.45, 2.75) is 10.8 Å². The molecule has 0 aliphatic carbocycles. The van der Waals surface area contributed by atoms with Crippen molar-refractivity contribution in [3.63, 3.8) is 0 Å². The molecular weight excluding hydrogens is 332 g/mol. The highest BCUT2D eigenvalue weighted by molar-refractivity contribution is 8.14. The summed E-state index contributed by atoms with van der Waals surface area (Å²) < 4.78 is 12.9. The zero-order chi connectivity index (χ0) is 14.5. The molecule has 21 heavy (non-hydrogen) atoms. The first kappa shape index (κ1) is 17.7. The van der Waals surface area contributed by atoms with Crippen LogP contribution in [0.3, 0.4) is 0 Å². The average Bonchev–Trinajstić information content (AvgIpc) is 2.44. The highest BCUT2D eigenvalue weighted by Gasteiger charge is 2.17. The molecule has 0 bridgehead atoms. The van der Waals surface area contributed by atoms with E-state index in [-0.39, 0.29) is 23.3 Å². The smallest absolute Gasteiger partial charge is 0.133 e. The van der Waals surface area contributed by atoms with Crippen LogP contribution in [0.15, 0.2) is 53.4 Å². The van der Waals surface area contributed by atoms with E-state index in [1.807, 2.05) is 0 Å². The van der Waals surface area contributed by atoms with Gasteiger partial charge in [-0.3, -0.25) is 5.41 Å². The first-order chi connectivity index (χ1) is 9.60. The monoisotopic (exact) mass is 343 g/mol. The van der Waals surface area contributed by atoms with Gasteiger partial charge in [0.1, 0.15) is 12.1 Å². The van der Waals surface area contributed by atoms with Crippen LogP contribution in [-0.2, 0) is 4.79 Å². The first-order valence-corrected chi connectivity index (χ1v) is 7.02. The maximum Gasteiger partial charge on any atom is 0.133 e. The number of aldehydes is 1. The van der Waals surface area contributed by atoms with Crippen LogP contribution in [0, 0.1) is 11.2 Å². The molecule has 0 heterocycles. The molecule has 0 aliphatic rings. The lowest BCUT2D eigenvalue weighted by molar-refractivity contribution is -0.107. The number of halogens is 3. The van der Waals surface area contributed by atoms with E-state index in [0.29, 0.717) is 16.9 Å². The largest absolute Gasteiger partial charge is 0.302 e. The van der Waals surface area contributed by atoms with E-state index in [1.54, 1.807) is 24.3 Å². The Morgan fingerprint density at radius 2 is 1.71 bits per heavy atom. The van der Waals surface area contributed by atoms with Gasteiger partial charge in [-0.05, 0) is 42.0 Å². The van der Waals surface area contributed by atoms with E-state index in [0.717, 1.165) is 4.90 Å². The summed E-state index contributed by atoms with van der Waals surface area (Å²) in [4.78, 5) is 12.0. The Morgan fingerprint density at radius 1 is 1.14 bits per heavy atom. The molecule has 2 aromatic carbocycles. The van der Waals surface area contributed by atoms with Gasteiger partial charge in [0.05, 0.1) is 11.0 Å². The number of benzene rings is 2. The summed E-state index contributed by atoms with van der Waals surface area (Å²) in [6, 6.07) is 12.6. The second kappa shape index (κ2) is 8.17. The minimum atomic E-state index is -0.684. The third-order valence-corrected chi connectivity index (χ3v) is 3.92. The summed E-state index contributed by atoms with van der Waals surface area (Å²) in [6.07, 6.45) is 0.693. The van der Waals surface area contributed by atoms with Gasteiger partial charge < -0.3 is 4.79 Å². The third-order valence-electron chi connectivity index (χ3n) is 2.69. The molecule has 2 nitrogen and oxygen atoms in total. The average molecular weight is 344 g/mol.